The van der Waals surface area contributed by atoms with Gasteiger partial charge in [0, 0.05) is 12.1 Å². The predicted molar refractivity (Wildman–Crippen MR) is 77.0 cm³/mol. The second kappa shape index (κ2) is 8.00. The van der Waals surface area contributed by atoms with E-state index in [4.69, 9.17) is 15.2 Å². The summed E-state index contributed by atoms with van der Waals surface area (Å²) in [5, 5.41) is 9.48. The Hall–Kier alpha value is -1.80. The fraction of sp³-hybridized carbons (Fsp3) is 0.462. The zero-order valence-electron chi connectivity index (χ0n) is 12.3. The van der Waals surface area contributed by atoms with Crippen LogP contribution in [0.15, 0.2) is 12.1 Å². The van der Waals surface area contributed by atoms with Crippen LogP contribution in [-0.4, -0.2) is 37.8 Å². The molecule has 3 N–H and O–H groups in total. The molecular formula is C13H18ClF2NO5. The molecule has 1 aromatic rings. The van der Waals surface area contributed by atoms with Crippen molar-refractivity contribution >= 4 is 18.4 Å². The van der Waals surface area contributed by atoms with Crippen LogP contribution in [0.4, 0.5) is 8.78 Å². The number of hydrogen-bond donors (Lipinski definition) is 2. The second-order valence-electron chi connectivity index (χ2n) is 4.09. The average Bonchev–Trinajstić information content (AvgIpc) is 2.45. The number of carbonyl (C=O) groups is 1. The topological polar surface area (TPSA) is 91.0 Å². The lowest BCUT2D eigenvalue weighted by molar-refractivity contribution is -0.174. The van der Waals surface area contributed by atoms with Gasteiger partial charge in [-0.1, -0.05) is 0 Å². The Morgan fingerprint density at radius 3 is 2.14 bits per heavy atom. The molecule has 0 aliphatic heterocycles. The molecule has 0 spiro atoms. The van der Waals surface area contributed by atoms with E-state index in [1.807, 2.05) is 0 Å². The Balaban J connectivity index is 0.00000441. The number of esters is 1. The molecule has 0 saturated carbocycles. The summed E-state index contributed by atoms with van der Waals surface area (Å²) >= 11 is 0. The molecule has 22 heavy (non-hydrogen) atoms. The van der Waals surface area contributed by atoms with Gasteiger partial charge in [-0.3, -0.25) is 0 Å². The van der Waals surface area contributed by atoms with Crippen molar-refractivity contribution in [2.24, 2.45) is 5.73 Å². The lowest BCUT2D eigenvalue weighted by Gasteiger charge is -2.25. The summed E-state index contributed by atoms with van der Waals surface area (Å²) in [4.78, 5) is 11.4. The van der Waals surface area contributed by atoms with Crippen LogP contribution < -0.4 is 15.2 Å². The van der Waals surface area contributed by atoms with E-state index < -0.39 is 17.9 Å². The third kappa shape index (κ3) is 3.89. The SMILES string of the molecule is CCOC(=O)C(F)(F)[C@@H](N)c1c(OC)cc(O)cc1OC.Cl. The highest BCUT2D eigenvalue weighted by Crippen LogP contribution is 2.42. The largest absolute Gasteiger partial charge is 0.508 e. The van der Waals surface area contributed by atoms with Gasteiger partial charge in [-0.25, -0.2) is 4.79 Å². The summed E-state index contributed by atoms with van der Waals surface area (Å²) in [6, 6.07) is 0.139. The highest BCUT2D eigenvalue weighted by Gasteiger charge is 2.49. The molecule has 0 fully saturated rings. The van der Waals surface area contributed by atoms with Crippen LogP contribution in [0.2, 0.25) is 0 Å². The molecule has 0 aliphatic rings. The van der Waals surface area contributed by atoms with Crippen molar-refractivity contribution in [1.29, 1.82) is 0 Å². The van der Waals surface area contributed by atoms with E-state index in [1.165, 1.54) is 21.1 Å². The first-order valence-electron chi connectivity index (χ1n) is 6.05. The van der Waals surface area contributed by atoms with E-state index in [0.717, 1.165) is 12.1 Å². The minimum Gasteiger partial charge on any atom is -0.508 e. The van der Waals surface area contributed by atoms with Crippen LogP contribution >= 0.6 is 12.4 Å². The predicted octanol–water partition coefficient (Wildman–Crippen LogP) is 2.03. The molecule has 0 aliphatic carbocycles. The van der Waals surface area contributed by atoms with Crippen LogP contribution in [0, 0.1) is 0 Å². The van der Waals surface area contributed by atoms with Crippen molar-refractivity contribution in [3.63, 3.8) is 0 Å². The quantitative estimate of drug-likeness (QED) is 0.769. The van der Waals surface area contributed by atoms with Gasteiger partial charge in [0.2, 0.25) is 0 Å². The number of hydrogen-bond acceptors (Lipinski definition) is 6. The molecule has 0 amide bonds. The molecule has 126 valence electrons. The smallest absolute Gasteiger partial charge is 0.379 e. The fourth-order valence-corrected chi connectivity index (χ4v) is 1.77. The number of methoxy groups -OCH3 is 2. The number of phenols is 1. The van der Waals surface area contributed by atoms with Crippen LogP contribution in [0.25, 0.3) is 0 Å². The first-order chi connectivity index (χ1) is 9.79. The number of ether oxygens (including phenoxy) is 3. The van der Waals surface area contributed by atoms with E-state index in [9.17, 15) is 18.7 Å². The zero-order chi connectivity index (χ0) is 16.2. The van der Waals surface area contributed by atoms with Gasteiger partial charge in [-0.2, -0.15) is 8.78 Å². The van der Waals surface area contributed by atoms with E-state index in [0.29, 0.717) is 0 Å². The summed E-state index contributed by atoms with van der Waals surface area (Å²) < 4.78 is 42.2. The minimum atomic E-state index is -3.98. The van der Waals surface area contributed by atoms with E-state index in [-0.39, 0.29) is 41.8 Å². The van der Waals surface area contributed by atoms with E-state index in [1.54, 1.807) is 0 Å². The Kier molecular flexibility index (Phi) is 7.34. The van der Waals surface area contributed by atoms with E-state index >= 15 is 0 Å². The Morgan fingerprint density at radius 2 is 1.77 bits per heavy atom. The normalized spacial score (nSPS) is 12.1. The lowest BCUT2D eigenvalue weighted by Crippen LogP contribution is -2.42. The fourth-order valence-electron chi connectivity index (χ4n) is 1.77. The maximum Gasteiger partial charge on any atom is 0.379 e. The van der Waals surface area contributed by atoms with Crippen LogP contribution in [0.3, 0.4) is 0 Å². The van der Waals surface area contributed by atoms with Gasteiger partial charge in [0.25, 0.3) is 0 Å². The number of phenolic OH excluding ortho intramolecular Hbond substituents is 1. The maximum atomic E-state index is 14.0. The van der Waals surface area contributed by atoms with Gasteiger partial charge in [-0.05, 0) is 6.92 Å². The van der Waals surface area contributed by atoms with Crippen molar-refractivity contribution in [3.05, 3.63) is 17.7 Å². The Morgan fingerprint density at radius 1 is 1.32 bits per heavy atom. The number of alkyl halides is 2. The van der Waals surface area contributed by atoms with Gasteiger partial charge < -0.3 is 25.1 Å². The third-order valence-electron chi connectivity index (χ3n) is 2.78. The Labute approximate surface area is 132 Å². The molecular weight excluding hydrogens is 324 g/mol. The molecule has 0 heterocycles. The molecule has 1 atom stereocenters. The standard InChI is InChI=1S/C13H17F2NO5.ClH/c1-4-21-12(18)13(14,15)11(16)10-8(19-2)5-7(17)6-9(10)20-3;/h5-6,11,17H,4,16H2,1-3H3;1H/t11-;/m0./s1. The monoisotopic (exact) mass is 341 g/mol. The van der Waals surface area contributed by atoms with Crippen LogP contribution in [-0.2, 0) is 9.53 Å². The van der Waals surface area contributed by atoms with Crippen molar-refractivity contribution in [1.82, 2.24) is 0 Å². The summed E-state index contributed by atoms with van der Waals surface area (Å²) in [7, 11) is 2.43. The Bertz CT molecular complexity index is 502. The lowest BCUT2D eigenvalue weighted by atomic mass is 9.98. The molecule has 1 aromatic carbocycles. The zero-order valence-corrected chi connectivity index (χ0v) is 13.1. The molecule has 0 aromatic heterocycles. The van der Waals surface area contributed by atoms with Crippen LogP contribution in [0.5, 0.6) is 17.2 Å². The summed E-state index contributed by atoms with van der Waals surface area (Å²) in [6.07, 6.45) is 0. The molecule has 1 rings (SSSR count). The van der Waals surface area contributed by atoms with Crippen molar-refractivity contribution < 1.29 is 32.9 Å². The summed E-state index contributed by atoms with van der Waals surface area (Å²) in [6.45, 7) is 1.20. The first kappa shape index (κ1) is 20.2. The molecule has 0 radical (unpaired) electrons. The van der Waals surface area contributed by atoms with Gasteiger partial charge >= 0.3 is 11.9 Å². The highest BCUT2D eigenvalue weighted by molar-refractivity contribution is 5.85. The number of carbonyl (C=O) groups excluding carboxylic acids is 1. The molecule has 0 bridgehead atoms. The number of rotatable bonds is 6. The second-order valence-corrected chi connectivity index (χ2v) is 4.09. The van der Waals surface area contributed by atoms with Gasteiger partial charge in [-0.15, -0.1) is 12.4 Å². The third-order valence-corrected chi connectivity index (χ3v) is 2.78. The van der Waals surface area contributed by atoms with E-state index in [2.05, 4.69) is 4.74 Å². The van der Waals surface area contributed by atoms with Crippen molar-refractivity contribution in [2.75, 3.05) is 20.8 Å². The molecule has 9 heteroatoms. The molecule has 6 nitrogen and oxygen atoms in total. The van der Waals surface area contributed by atoms with Crippen molar-refractivity contribution in [2.45, 2.75) is 18.9 Å². The minimum absolute atomic E-state index is 0. The number of aromatic hydroxyl groups is 1. The number of nitrogens with two attached hydrogens (primary N) is 1. The first-order valence-corrected chi connectivity index (χ1v) is 6.05. The van der Waals surface area contributed by atoms with Gasteiger partial charge in [0.15, 0.2) is 0 Å². The van der Waals surface area contributed by atoms with Crippen LogP contribution in [0.1, 0.15) is 18.5 Å². The molecule has 0 saturated heterocycles. The van der Waals surface area contributed by atoms with Crippen molar-refractivity contribution in [3.8, 4) is 17.2 Å². The maximum absolute atomic E-state index is 14.0. The van der Waals surface area contributed by atoms with Gasteiger partial charge in [0.05, 0.1) is 26.4 Å². The molecule has 0 unspecified atom stereocenters. The summed E-state index contributed by atoms with van der Waals surface area (Å²) in [5.41, 5.74) is 5.27. The number of benzene rings is 1. The summed E-state index contributed by atoms with van der Waals surface area (Å²) in [5.74, 6) is -6.21. The number of halogens is 3. The highest BCUT2D eigenvalue weighted by atomic mass is 35.5. The average molecular weight is 342 g/mol. The van der Waals surface area contributed by atoms with Gasteiger partial charge in [0.1, 0.15) is 23.3 Å².